The van der Waals surface area contributed by atoms with Gasteiger partial charge in [-0.3, -0.25) is 4.90 Å². The molecule has 0 aliphatic heterocycles. The average Bonchev–Trinajstić information content (AvgIpc) is 3.57. The first-order chi connectivity index (χ1) is 14.5. The van der Waals surface area contributed by atoms with E-state index in [9.17, 15) is 0 Å². The zero-order valence-corrected chi connectivity index (χ0v) is 19.5. The summed E-state index contributed by atoms with van der Waals surface area (Å²) >= 11 is 6.72. The molecule has 0 spiro atoms. The molecule has 0 amide bonds. The minimum Gasteiger partial charge on any atom is -0.496 e. The molecule has 2 aliphatic carbocycles. The monoisotopic (exact) mass is 427 g/mol. The average molecular weight is 428 g/mol. The van der Waals surface area contributed by atoms with Crippen LogP contribution in [0.3, 0.4) is 0 Å². The second-order valence-electron chi connectivity index (χ2n) is 8.39. The molecule has 30 heavy (non-hydrogen) atoms. The number of ether oxygens (including phenoxy) is 2. The van der Waals surface area contributed by atoms with Gasteiger partial charge in [-0.05, 0) is 73.0 Å². The van der Waals surface area contributed by atoms with Gasteiger partial charge in [-0.1, -0.05) is 42.5 Å². The van der Waals surface area contributed by atoms with Crippen LogP contribution in [0.25, 0.3) is 5.57 Å². The largest absolute Gasteiger partial charge is 0.496 e. The summed E-state index contributed by atoms with van der Waals surface area (Å²) in [6.07, 6.45) is 10.3. The quantitative estimate of drug-likeness (QED) is 0.331. The van der Waals surface area contributed by atoms with E-state index >= 15 is 0 Å². The molecular weight excluding hydrogens is 394 g/mol. The molecule has 1 atom stereocenters. The highest BCUT2D eigenvalue weighted by molar-refractivity contribution is 6.33. The fourth-order valence-corrected chi connectivity index (χ4v) is 4.29. The van der Waals surface area contributed by atoms with Crippen LogP contribution in [0, 0.1) is 11.8 Å². The van der Waals surface area contributed by atoms with Crippen molar-refractivity contribution in [2.75, 3.05) is 27.9 Å². The predicted molar refractivity (Wildman–Crippen MR) is 126 cm³/mol. The first kappa shape index (κ1) is 22.9. The smallest absolute Gasteiger partial charge is 0.122 e. The Morgan fingerprint density at radius 1 is 1.23 bits per heavy atom. The van der Waals surface area contributed by atoms with Gasteiger partial charge in [-0.15, -0.1) is 0 Å². The van der Waals surface area contributed by atoms with Crippen LogP contribution in [0.4, 0.5) is 0 Å². The molecule has 0 radical (unpaired) electrons. The van der Waals surface area contributed by atoms with E-state index in [0.717, 1.165) is 54.3 Å². The molecule has 0 N–H and O–H groups in total. The summed E-state index contributed by atoms with van der Waals surface area (Å²) in [6.45, 7) is 3.98. The fourth-order valence-electron chi connectivity index (χ4n) is 4.06. The number of benzene rings is 1. The van der Waals surface area contributed by atoms with Crippen molar-refractivity contribution in [3.63, 3.8) is 0 Å². The van der Waals surface area contributed by atoms with Gasteiger partial charge in [0.25, 0.3) is 0 Å². The lowest BCUT2D eigenvalue weighted by Crippen LogP contribution is -2.21. The third-order valence-electron chi connectivity index (χ3n) is 6.02. The Bertz CT molecular complexity index is 858. The van der Waals surface area contributed by atoms with Gasteiger partial charge in [0.15, 0.2) is 0 Å². The molecule has 2 aliphatic rings. The molecule has 3 rings (SSSR count). The van der Waals surface area contributed by atoms with Crippen LogP contribution in [0.1, 0.15) is 68.1 Å². The lowest BCUT2D eigenvalue weighted by molar-refractivity contribution is 0.191. The zero-order chi connectivity index (χ0) is 21.5. The number of hydrogen-bond donors (Lipinski definition) is 0. The molecule has 4 heteroatoms. The summed E-state index contributed by atoms with van der Waals surface area (Å²) in [5.74, 6) is 7.64. The van der Waals surface area contributed by atoms with Crippen LogP contribution in [0.5, 0.6) is 5.75 Å². The van der Waals surface area contributed by atoms with Gasteiger partial charge in [0.1, 0.15) is 5.75 Å². The molecule has 0 aromatic heterocycles. The van der Waals surface area contributed by atoms with Crippen molar-refractivity contribution in [2.24, 2.45) is 0 Å². The lowest BCUT2D eigenvalue weighted by Gasteiger charge is -2.24. The second kappa shape index (κ2) is 11.0. The van der Waals surface area contributed by atoms with E-state index in [1.807, 2.05) is 0 Å². The molecule has 1 saturated carbocycles. The van der Waals surface area contributed by atoms with E-state index in [0.29, 0.717) is 18.4 Å². The summed E-state index contributed by atoms with van der Waals surface area (Å²) in [5, 5.41) is 0.803. The maximum atomic E-state index is 6.72. The van der Waals surface area contributed by atoms with Crippen LogP contribution in [0.2, 0.25) is 0 Å². The summed E-state index contributed by atoms with van der Waals surface area (Å²) in [4.78, 5) is 2.46. The van der Waals surface area contributed by atoms with Gasteiger partial charge < -0.3 is 9.47 Å². The standard InChI is InChI=1S/C26H34ClNO2/c1-19(10-9-15-29-3)23-16-20(18-28(2)21-13-14-21)24(17-26(23)30-4)22-11-7-5-6-8-12-25(22)27/h7,11,16-17,19,21H,5,9-10,12-15,18H2,1-4H3/b11-7-,25-22-. The van der Waals surface area contributed by atoms with Crippen LogP contribution in [-0.4, -0.2) is 38.8 Å². The molecule has 0 heterocycles. The highest BCUT2D eigenvalue weighted by Crippen LogP contribution is 2.38. The zero-order valence-electron chi connectivity index (χ0n) is 18.8. The minimum absolute atomic E-state index is 0.400. The minimum atomic E-state index is 0.400. The van der Waals surface area contributed by atoms with Crippen LogP contribution >= 0.6 is 11.6 Å². The van der Waals surface area contributed by atoms with Crippen LogP contribution < -0.4 is 4.74 Å². The first-order valence-corrected chi connectivity index (χ1v) is 11.3. The second-order valence-corrected chi connectivity index (χ2v) is 8.85. The molecule has 162 valence electrons. The van der Waals surface area contributed by atoms with Gasteiger partial charge in [-0.25, -0.2) is 0 Å². The van der Waals surface area contributed by atoms with Crippen molar-refractivity contribution < 1.29 is 9.47 Å². The maximum absolute atomic E-state index is 6.72. The van der Waals surface area contributed by atoms with Crippen molar-refractivity contribution in [1.29, 1.82) is 0 Å². The summed E-state index contributed by atoms with van der Waals surface area (Å²) < 4.78 is 11.1. The van der Waals surface area contributed by atoms with Crippen molar-refractivity contribution >= 4 is 17.2 Å². The predicted octanol–water partition coefficient (Wildman–Crippen LogP) is 6.12. The molecule has 0 saturated heterocycles. The molecular formula is C26H34ClNO2. The van der Waals surface area contributed by atoms with E-state index in [1.165, 1.54) is 24.0 Å². The Labute approximate surface area is 187 Å². The number of allylic oxidation sites excluding steroid dienone is 4. The Balaban J connectivity index is 2.03. The topological polar surface area (TPSA) is 21.7 Å². The number of methoxy groups -OCH3 is 2. The van der Waals surface area contributed by atoms with Crippen molar-refractivity contribution in [3.05, 3.63) is 46.0 Å². The van der Waals surface area contributed by atoms with Crippen molar-refractivity contribution in [2.45, 2.75) is 64.0 Å². The Kier molecular flexibility index (Phi) is 8.45. The lowest BCUT2D eigenvalue weighted by atomic mass is 9.88. The molecule has 1 aromatic carbocycles. The van der Waals surface area contributed by atoms with E-state index in [1.54, 1.807) is 14.2 Å². The summed E-state index contributed by atoms with van der Waals surface area (Å²) in [5.41, 5.74) is 4.81. The van der Waals surface area contributed by atoms with Gasteiger partial charge in [-0.2, -0.15) is 0 Å². The van der Waals surface area contributed by atoms with Gasteiger partial charge >= 0.3 is 0 Å². The number of nitrogens with zero attached hydrogens (tertiary/aromatic N) is 1. The highest BCUT2D eigenvalue weighted by atomic mass is 35.5. The molecule has 1 fully saturated rings. The molecule has 0 bridgehead atoms. The van der Waals surface area contributed by atoms with E-state index in [4.69, 9.17) is 21.1 Å². The Morgan fingerprint density at radius 3 is 2.73 bits per heavy atom. The first-order valence-electron chi connectivity index (χ1n) is 11.0. The Morgan fingerprint density at radius 2 is 2.03 bits per heavy atom. The molecule has 1 aromatic rings. The van der Waals surface area contributed by atoms with Crippen molar-refractivity contribution in [3.8, 4) is 17.6 Å². The van der Waals surface area contributed by atoms with E-state index in [-0.39, 0.29) is 0 Å². The molecule has 3 nitrogen and oxygen atoms in total. The van der Waals surface area contributed by atoms with E-state index in [2.05, 4.69) is 55.0 Å². The van der Waals surface area contributed by atoms with Crippen LogP contribution in [-0.2, 0) is 11.3 Å². The van der Waals surface area contributed by atoms with Gasteiger partial charge in [0.05, 0.1) is 7.11 Å². The SMILES string of the molecule is COCCCC(C)c1cc(CN(C)C2CC2)c(C2=C(\Cl)CC#CC/C=C\2)cc1OC. The molecule has 1 unspecified atom stereocenters. The van der Waals surface area contributed by atoms with Crippen LogP contribution in [0.15, 0.2) is 29.3 Å². The number of hydrogen-bond acceptors (Lipinski definition) is 3. The summed E-state index contributed by atoms with van der Waals surface area (Å²) in [6, 6.07) is 5.24. The third kappa shape index (κ3) is 5.91. The number of rotatable bonds is 10. The number of halogens is 1. The van der Waals surface area contributed by atoms with Gasteiger partial charge in [0, 0.05) is 44.2 Å². The van der Waals surface area contributed by atoms with E-state index < -0.39 is 0 Å². The highest BCUT2D eigenvalue weighted by Gasteiger charge is 2.27. The summed E-state index contributed by atoms with van der Waals surface area (Å²) in [7, 11) is 5.74. The normalized spacial score (nSPS) is 20.9. The van der Waals surface area contributed by atoms with Crippen molar-refractivity contribution in [1.82, 2.24) is 4.90 Å². The van der Waals surface area contributed by atoms with Gasteiger partial charge in [0.2, 0.25) is 0 Å². The third-order valence-corrected chi connectivity index (χ3v) is 6.35. The fraction of sp³-hybridized carbons (Fsp3) is 0.538. The maximum Gasteiger partial charge on any atom is 0.122 e. The Hall–Kier alpha value is -1.73.